The van der Waals surface area contributed by atoms with E-state index in [1.807, 2.05) is 24.4 Å². The third kappa shape index (κ3) is 1.46. The van der Waals surface area contributed by atoms with Crippen LogP contribution < -0.4 is 5.73 Å². The van der Waals surface area contributed by atoms with Crippen LogP contribution in [-0.2, 0) is 6.54 Å². The molecule has 2 aromatic heterocycles. The molecule has 3 N–H and O–H groups in total. The monoisotopic (exact) mass is 173 g/mol. The molecule has 0 aliphatic heterocycles. The Hall–Kier alpha value is -1.61. The van der Waals surface area contributed by atoms with E-state index in [9.17, 15) is 0 Å². The summed E-state index contributed by atoms with van der Waals surface area (Å²) in [5, 5.41) is 0. The number of aromatic nitrogens is 2. The van der Waals surface area contributed by atoms with Crippen LogP contribution in [0.1, 0.15) is 5.56 Å². The molecule has 0 aromatic carbocycles. The maximum Gasteiger partial charge on any atom is 0.0458 e. The summed E-state index contributed by atoms with van der Waals surface area (Å²) in [4.78, 5) is 7.18. The van der Waals surface area contributed by atoms with E-state index in [0.717, 1.165) is 16.8 Å². The third-order valence-electron chi connectivity index (χ3n) is 2.01. The number of nitrogens with one attached hydrogen (secondary N) is 1. The van der Waals surface area contributed by atoms with Crippen LogP contribution in [-0.4, -0.2) is 9.97 Å². The summed E-state index contributed by atoms with van der Waals surface area (Å²) in [5.41, 5.74) is 8.88. The normalized spacial score (nSPS) is 10.2. The second-order valence-corrected chi connectivity index (χ2v) is 2.82. The smallest absolute Gasteiger partial charge is 0.0458 e. The minimum Gasteiger partial charge on any atom is -0.361 e. The number of hydrogen-bond acceptors (Lipinski definition) is 2. The van der Waals surface area contributed by atoms with E-state index in [2.05, 4.69) is 9.97 Å². The molecule has 0 bridgehead atoms. The highest BCUT2D eigenvalue weighted by molar-refractivity contribution is 5.62. The number of nitrogens with zero attached hydrogens (tertiary/aromatic N) is 1. The van der Waals surface area contributed by atoms with Gasteiger partial charge in [0.2, 0.25) is 0 Å². The lowest BCUT2D eigenvalue weighted by molar-refractivity contribution is 1.05. The van der Waals surface area contributed by atoms with Crippen molar-refractivity contribution in [3.63, 3.8) is 0 Å². The van der Waals surface area contributed by atoms with Crippen molar-refractivity contribution in [3.8, 4) is 11.3 Å². The number of H-pyrrole nitrogens is 1. The highest BCUT2D eigenvalue weighted by atomic mass is 14.7. The first-order valence-electron chi connectivity index (χ1n) is 4.18. The Labute approximate surface area is 76.6 Å². The van der Waals surface area contributed by atoms with Crippen molar-refractivity contribution >= 4 is 0 Å². The van der Waals surface area contributed by atoms with Crippen LogP contribution in [0.25, 0.3) is 11.3 Å². The van der Waals surface area contributed by atoms with Crippen LogP contribution in [0.3, 0.4) is 0 Å². The van der Waals surface area contributed by atoms with E-state index in [0.29, 0.717) is 6.54 Å². The Bertz CT molecular complexity index is 379. The van der Waals surface area contributed by atoms with Gasteiger partial charge in [-0.25, -0.2) is 0 Å². The SMILES string of the molecule is NCc1cnccc1-c1ccc[nH]1. The van der Waals surface area contributed by atoms with Gasteiger partial charge in [0, 0.05) is 36.4 Å². The summed E-state index contributed by atoms with van der Waals surface area (Å²) in [6, 6.07) is 5.96. The van der Waals surface area contributed by atoms with Gasteiger partial charge in [0.05, 0.1) is 0 Å². The summed E-state index contributed by atoms with van der Waals surface area (Å²) in [6.45, 7) is 0.516. The van der Waals surface area contributed by atoms with E-state index in [-0.39, 0.29) is 0 Å². The molecule has 2 heterocycles. The molecule has 2 aromatic rings. The molecule has 0 aliphatic carbocycles. The Balaban J connectivity index is 2.51. The molecule has 66 valence electrons. The third-order valence-corrected chi connectivity index (χ3v) is 2.01. The molecule has 0 aliphatic rings. The van der Waals surface area contributed by atoms with Crippen molar-refractivity contribution in [2.75, 3.05) is 0 Å². The fraction of sp³-hybridized carbons (Fsp3) is 0.100. The van der Waals surface area contributed by atoms with Gasteiger partial charge >= 0.3 is 0 Å². The molecule has 0 radical (unpaired) electrons. The first-order valence-corrected chi connectivity index (χ1v) is 4.18. The molecule has 0 saturated carbocycles. The van der Waals surface area contributed by atoms with Gasteiger partial charge in [-0.2, -0.15) is 0 Å². The van der Waals surface area contributed by atoms with Gasteiger partial charge in [0.25, 0.3) is 0 Å². The predicted octanol–water partition coefficient (Wildman–Crippen LogP) is 1.54. The summed E-state index contributed by atoms with van der Waals surface area (Å²) < 4.78 is 0. The van der Waals surface area contributed by atoms with Gasteiger partial charge in [0.1, 0.15) is 0 Å². The molecule has 0 fully saturated rings. The molecular weight excluding hydrogens is 162 g/mol. The Morgan fingerprint density at radius 3 is 3.00 bits per heavy atom. The Morgan fingerprint density at radius 1 is 1.38 bits per heavy atom. The Morgan fingerprint density at radius 2 is 2.31 bits per heavy atom. The lowest BCUT2D eigenvalue weighted by Gasteiger charge is -2.03. The molecule has 0 saturated heterocycles. The van der Waals surface area contributed by atoms with Crippen LogP contribution in [0.2, 0.25) is 0 Å². The first-order chi connectivity index (χ1) is 6.42. The molecule has 2 rings (SSSR count). The summed E-state index contributed by atoms with van der Waals surface area (Å²) >= 11 is 0. The zero-order valence-corrected chi connectivity index (χ0v) is 7.20. The molecular formula is C10H11N3. The fourth-order valence-corrected chi connectivity index (χ4v) is 1.35. The fourth-order valence-electron chi connectivity index (χ4n) is 1.35. The summed E-state index contributed by atoms with van der Waals surface area (Å²) in [5.74, 6) is 0. The van der Waals surface area contributed by atoms with Gasteiger partial charge in [-0.1, -0.05) is 0 Å². The van der Waals surface area contributed by atoms with Crippen molar-refractivity contribution in [2.24, 2.45) is 5.73 Å². The van der Waals surface area contributed by atoms with Crippen molar-refractivity contribution < 1.29 is 0 Å². The summed E-state index contributed by atoms with van der Waals surface area (Å²) in [7, 11) is 0. The lowest BCUT2D eigenvalue weighted by atomic mass is 10.1. The number of pyridine rings is 1. The summed E-state index contributed by atoms with van der Waals surface area (Å²) in [6.07, 6.45) is 5.47. The van der Waals surface area contributed by atoms with Gasteiger partial charge in [-0.3, -0.25) is 4.98 Å². The molecule has 3 heteroatoms. The van der Waals surface area contributed by atoms with Crippen molar-refractivity contribution in [1.82, 2.24) is 9.97 Å². The minimum absolute atomic E-state index is 0.516. The maximum absolute atomic E-state index is 5.60. The van der Waals surface area contributed by atoms with Crippen LogP contribution >= 0.6 is 0 Å². The zero-order valence-electron chi connectivity index (χ0n) is 7.20. The average molecular weight is 173 g/mol. The second-order valence-electron chi connectivity index (χ2n) is 2.82. The van der Waals surface area contributed by atoms with Crippen LogP contribution in [0.15, 0.2) is 36.8 Å². The van der Waals surface area contributed by atoms with E-state index >= 15 is 0 Å². The van der Waals surface area contributed by atoms with Gasteiger partial charge in [-0.05, 0) is 23.8 Å². The van der Waals surface area contributed by atoms with Crippen LogP contribution in [0, 0.1) is 0 Å². The van der Waals surface area contributed by atoms with Crippen molar-refractivity contribution in [3.05, 3.63) is 42.4 Å². The van der Waals surface area contributed by atoms with Crippen LogP contribution in [0.5, 0.6) is 0 Å². The number of rotatable bonds is 2. The standard InChI is InChI=1S/C10H11N3/c11-6-8-7-12-5-3-9(8)10-2-1-4-13-10/h1-5,7,13H,6,11H2. The van der Waals surface area contributed by atoms with Gasteiger partial charge in [0.15, 0.2) is 0 Å². The highest BCUT2D eigenvalue weighted by Crippen LogP contribution is 2.19. The molecule has 0 unspecified atom stereocenters. The van der Waals surface area contributed by atoms with E-state index in [1.165, 1.54) is 0 Å². The molecule has 0 amide bonds. The topological polar surface area (TPSA) is 54.7 Å². The van der Waals surface area contributed by atoms with Crippen molar-refractivity contribution in [1.29, 1.82) is 0 Å². The zero-order chi connectivity index (χ0) is 9.10. The first kappa shape index (κ1) is 8.01. The number of hydrogen-bond donors (Lipinski definition) is 2. The largest absolute Gasteiger partial charge is 0.361 e. The maximum atomic E-state index is 5.60. The average Bonchev–Trinajstić information content (AvgIpc) is 2.70. The highest BCUT2D eigenvalue weighted by Gasteiger charge is 2.02. The van der Waals surface area contributed by atoms with Crippen molar-refractivity contribution in [2.45, 2.75) is 6.54 Å². The molecule has 3 nitrogen and oxygen atoms in total. The molecule has 13 heavy (non-hydrogen) atoms. The number of aromatic amines is 1. The van der Waals surface area contributed by atoms with E-state index < -0.39 is 0 Å². The second kappa shape index (κ2) is 3.41. The Kier molecular flexibility index (Phi) is 2.10. The van der Waals surface area contributed by atoms with Gasteiger partial charge < -0.3 is 10.7 Å². The van der Waals surface area contributed by atoms with E-state index in [4.69, 9.17) is 5.73 Å². The van der Waals surface area contributed by atoms with Gasteiger partial charge in [-0.15, -0.1) is 0 Å². The predicted molar refractivity (Wildman–Crippen MR) is 51.9 cm³/mol. The molecule has 0 spiro atoms. The number of nitrogens with two attached hydrogens (primary N) is 1. The quantitative estimate of drug-likeness (QED) is 0.723. The minimum atomic E-state index is 0.516. The lowest BCUT2D eigenvalue weighted by Crippen LogP contribution is -1.99. The molecule has 0 atom stereocenters. The van der Waals surface area contributed by atoms with Crippen LogP contribution in [0.4, 0.5) is 0 Å². The van der Waals surface area contributed by atoms with E-state index in [1.54, 1.807) is 12.4 Å².